The number of nitrogens with zero attached hydrogens (tertiary/aromatic N) is 8. The van der Waals surface area contributed by atoms with Gasteiger partial charge in [-0.3, -0.25) is 9.65 Å². The van der Waals surface area contributed by atoms with Crippen molar-refractivity contribution in [1.82, 2.24) is 29.6 Å². The first-order valence-corrected chi connectivity index (χ1v) is 10.9. The first-order valence-electron chi connectivity index (χ1n) is 9.42. The van der Waals surface area contributed by atoms with Crippen LogP contribution in [0.1, 0.15) is 37.9 Å². The molecule has 4 aromatic rings. The van der Waals surface area contributed by atoms with Crippen molar-refractivity contribution >= 4 is 27.3 Å². The van der Waals surface area contributed by atoms with Gasteiger partial charge < -0.3 is 0 Å². The number of nitrogens with one attached hydrogen (secondary N) is 1. The standard InChI is InChI=1S/C19H19N9O3S/c1-11-22-18-15(16(19(2,3)4)26-28(18)25-11)23-24-17-12(9-20)10-21-27(17)13-5-7-14(8-6-13)32(29,30)31/h5-8,10,26H,1-4H3,(H,29,30,31). The van der Waals surface area contributed by atoms with Gasteiger partial charge >= 0.3 is 0 Å². The topological polar surface area (TPSA) is 167 Å². The molecule has 13 heteroatoms. The Balaban J connectivity index is 1.83. The van der Waals surface area contributed by atoms with Crippen molar-refractivity contribution in [3.63, 3.8) is 0 Å². The summed E-state index contributed by atoms with van der Waals surface area (Å²) in [6.07, 6.45) is 1.34. The molecule has 12 nitrogen and oxygen atoms in total. The summed E-state index contributed by atoms with van der Waals surface area (Å²) in [4.78, 5) is 4.14. The van der Waals surface area contributed by atoms with E-state index in [0.717, 1.165) is 5.69 Å². The predicted molar refractivity (Wildman–Crippen MR) is 113 cm³/mol. The summed E-state index contributed by atoms with van der Waals surface area (Å²) >= 11 is 0. The Morgan fingerprint density at radius 3 is 2.47 bits per heavy atom. The first-order chi connectivity index (χ1) is 15.0. The molecule has 1 aromatic carbocycles. The summed E-state index contributed by atoms with van der Waals surface area (Å²) < 4.78 is 34.6. The normalized spacial score (nSPS) is 12.6. The van der Waals surface area contributed by atoms with E-state index >= 15 is 0 Å². The number of benzene rings is 1. The summed E-state index contributed by atoms with van der Waals surface area (Å²) in [5, 5.41) is 29.8. The van der Waals surface area contributed by atoms with Gasteiger partial charge in [-0.15, -0.1) is 15.3 Å². The molecule has 0 aliphatic carbocycles. The van der Waals surface area contributed by atoms with E-state index in [1.54, 1.807) is 6.92 Å². The smallest absolute Gasteiger partial charge is 0.282 e. The van der Waals surface area contributed by atoms with Gasteiger partial charge in [-0.25, -0.2) is 9.67 Å². The minimum atomic E-state index is -4.33. The van der Waals surface area contributed by atoms with Crippen molar-refractivity contribution in [3.8, 4) is 11.8 Å². The zero-order chi connectivity index (χ0) is 23.3. The fourth-order valence-electron chi connectivity index (χ4n) is 3.10. The maximum atomic E-state index is 11.3. The minimum absolute atomic E-state index is 0.155. The second kappa shape index (κ2) is 7.36. The number of fused-ring (bicyclic) bond motifs is 1. The molecule has 164 valence electrons. The van der Waals surface area contributed by atoms with Gasteiger partial charge in [0.25, 0.3) is 10.1 Å². The number of aryl methyl sites for hydroxylation is 1. The van der Waals surface area contributed by atoms with Crippen LogP contribution in [0.2, 0.25) is 0 Å². The van der Waals surface area contributed by atoms with Gasteiger partial charge in [0.2, 0.25) is 5.65 Å². The molecule has 0 radical (unpaired) electrons. The summed E-state index contributed by atoms with van der Waals surface area (Å²) in [7, 11) is -4.33. The van der Waals surface area contributed by atoms with Crippen LogP contribution in [-0.4, -0.2) is 42.6 Å². The Morgan fingerprint density at radius 1 is 1.19 bits per heavy atom. The summed E-state index contributed by atoms with van der Waals surface area (Å²) in [5.74, 6) is 0.720. The van der Waals surface area contributed by atoms with Gasteiger partial charge in [0, 0.05) is 5.41 Å². The zero-order valence-electron chi connectivity index (χ0n) is 17.6. The fraction of sp³-hybridized carbons (Fsp3) is 0.263. The van der Waals surface area contributed by atoms with Gasteiger partial charge in [-0.05, 0) is 31.2 Å². The lowest BCUT2D eigenvalue weighted by molar-refractivity contribution is 0.483. The molecule has 0 saturated carbocycles. The summed E-state index contributed by atoms with van der Waals surface area (Å²) in [5.41, 5.74) is 2.04. The Hall–Kier alpha value is -3.89. The van der Waals surface area contributed by atoms with E-state index in [2.05, 4.69) is 30.5 Å². The average Bonchev–Trinajstić information content (AvgIpc) is 3.37. The maximum Gasteiger partial charge on any atom is 0.294 e. The highest BCUT2D eigenvalue weighted by Crippen LogP contribution is 2.35. The second-order valence-corrected chi connectivity index (χ2v) is 9.48. The third-order valence-electron chi connectivity index (χ3n) is 4.62. The number of aromatic amines is 1. The van der Waals surface area contributed by atoms with Crippen molar-refractivity contribution < 1.29 is 13.0 Å². The molecule has 0 aliphatic rings. The van der Waals surface area contributed by atoms with E-state index in [1.807, 2.05) is 26.8 Å². The average molecular weight is 453 g/mol. The third-order valence-corrected chi connectivity index (χ3v) is 5.49. The molecule has 3 heterocycles. The van der Waals surface area contributed by atoms with Crippen LogP contribution < -0.4 is 0 Å². The van der Waals surface area contributed by atoms with Crippen molar-refractivity contribution in [2.24, 2.45) is 10.2 Å². The van der Waals surface area contributed by atoms with E-state index in [9.17, 15) is 18.2 Å². The lowest BCUT2D eigenvalue weighted by Gasteiger charge is -2.16. The quantitative estimate of drug-likeness (QED) is 0.353. The Kier molecular flexibility index (Phi) is 4.91. The third kappa shape index (κ3) is 3.77. The van der Waals surface area contributed by atoms with Gasteiger partial charge in [0.05, 0.1) is 22.5 Å². The van der Waals surface area contributed by atoms with Gasteiger partial charge in [-0.2, -0.15) is 23.4 Å². The molecule has 32 heavy (non-hydrogen) atoms. The van der Waals surface area contributed by atoms with Gasteiger partial charge in [-0.1, -0.05) is 20.8 Å². The minimum Gasteiger partial charge on any atom is -0.282 e. The number of H-pyrrole nitrogens is 1. The molecule has 0 aliphatic heterocycles. The molecule has 0 amide bonds. The molecule has 0 bridgehead atoms. The van der Waals surface area contributed by atoms with Crippen LogP contribution in [0.15, 0.2) is 45.6 Å². The van der Waals surface area contributed by atoms with E-state index in [1.165, 1.54) is 39.8 Å². The van der Waals surface area contributed by atoms with Crippen LogP contribution in [-0.2, 0) is 15.5 Å². The van der Waals surface area contributed by atoms with Crippen molar-refractivity contribution in [2.75, 3.05) is 0 Å². The molecule has 0 fully saturated rings. The molecule has 3 aromatic heterocycles. The number of nitriles is 1. The van der Waals surface area contributed by atoms with E-state index in [-0.39, 0.29) is 21.7 Å². The molecule has 0 unspecified atom stereocenters. The number of hydrogen-bond acceptors (Lipinski definition) is 8. The van der Waals surface area contributed by atoms with E-state index in [0.29, 0.717) is 22.8 Å². The Labute approximate surface area is 183 Å². The predicted octanol–water partition coefficient (Wildman–Crippen LogP) is 3.38. The monoisotopic (exact) mass is 453 g/mol. The second-order valence-electron chi connectivity index (χ2n) is 8.05. The van der Waals surface area contributed by atoms with Gasteiger partial charge in [0.1, 0.15) is 17.5 Å². The van der Waals surface area contributed by atoms with Crippen molar-refractivity contribution in [2.45, 2.75) is 38.0 Å². The summed E-state index contributed by atoms with van der Waals surface area (Å²) in [6.45, 7) is 7.78. The molecule has 4 rings (SSSR count). The van der Waals surface area contributed by atoms with Crippen molar-refractivity contribution in [1.29, 1.82) is 5.26 Å². The van der Waals surface area contributed by atoms with Crippen LogP contribution in [0.4, 0.5) is 11.5 Å². The molecule has 0 saturated heterocycles. The van der Waals surface area contributed by atoms with Crippen LogP contribution in [0.25, 0.3) is 11.3 Å². The Morgan fingerprint density at radius 2 is 1.88 bits per heavy atom. The molecular formula is C19H19N9O3S. The number of hydrogen-bond donors (Lipinski definition) is 2. The first kappa shape index (κ1) is 21.3. The fourth-order valence-corrected chi connectivity index (χ4v) is 3.58. The number of rotatable bonds is 4. The van der Waals surface area contributed by atoms with E-state index in [4.69, 9.17) is 0 Å². The van der Waals surface area contributed by atoms with Crippen LogP contribution in [0.5, 0.6) is 0 Å². The van der Waals surface area contributed by atoms with Crippen LogP contribution in [0, 0.1) is 18.3 Å². The van der Waals surface area contributed by atoms with Gasteiger partial charge in [0.15, 0.2) is 11.5 Å². The lowest BCUT2D eigenvalue weighted by Crippen LogP contribution is -2.12. The largest absolute Gasteiger partial charge is 0.294 e. The highest BCUT2D eigenvalue weighted by molar-refractivity contribution is 7.85. The summed E-state index contributed by atoms with van der Waals surface area (Å²) in [6, 6.07) is 7.35. The molecule has 2 N–H and O–H groups in total. The van der Waals surface area contributed by atoms with Crippen LogP contribution in [0.3, 0.4) is 0 Å². The molecule has 0 atom stereocenters. The van der Waals surface area contributed by atoms with E-state index < -0.39 is 10.1 Å². The molecular weight excluding hydrogens is 434 g/mol. The highest BCUT2D eigenvalue weighted by Gasteiger charge is 2.25. The number of azo groups is 1. The maximum absolute atomic E-state index is 11.3. The lowest BCUT2D eigenvalue weighted by atomic mass is 9.91. The Bertz CT molecular complexity index is 1490. The SMILES string of the molecule is Cc1nc2c(N=Nc3c(C#N)cnn3-c3ccc(S(=O)(=O)O)cc3)c(C(C)(C)C)[nH]n2n1. The molecule has 0 spiro atoms. The zero-order valence-corrected chi connectivity index (χ0v) is 18.5. The highest BCUT2D eigenvalue weighted by atomic mass is 32.2. The van der Waals surface area contributed by atoms with Crippen molar-refractivity contribution in [3.05, 3.63) is 47.5 Å². The van der Waals surface area contributed by atoms with Crippen LogP contribution >= 0.6 is 0 Å². The number of aromatic nitrogens is 6.